The molecular weight excluding hydrogens is 275 g/mol. The number of halogens is 1. The number of ether oxygens (including phenoxy) is 1. The van der Waals surface area contributed by atoms with E-state index in [1.165, 1.54) is 6.07 Å². The largest absolute Gasteiger partial charge is 0.375 e. The highest BCUT2D eigenvalue weighted by Gasteiger charge is 2.21. The van der Waals surface area contributed by atoms with Crippen LogP contribution in [0.5, 0.6) is 0 Å². The molecule has 1 aliphatic rings. The highest BCUT2D eigenvalue weighted by molar-refractivity contribution is 7.09. The highest BCUT2D eigenvalue weighted by atomic mass is 32.1. The van der Waals surface area contributed by atoms with E-state index in [4.69, 9.17) is 4.74 Å². The number of rotatable bonds is 4. The molecule has 1 saturated heterocycles. The lowest BCUT2D eigenvalue weighted by Gasteiger charge is -2.32. The van der Waals surface area contributed by atoms with Gasteiger partial charge in [0.2, 0.25) is 0 Å². The molecule has 0 N–H and O–H groups in total. The highest BCUT2D eigenvalue weighted by Crippen LogP contribution is 2.15. The lowest BCUT2D eigenvalue weighted by molar-refractivity contribution is -0.0305. The van der Waals surface area contributed by atoms with Gasteiger partial charge in [0, 0.05) is 24.7 Å². The minimum absolute atomic E-state index is 0.130. The summed E-state index contributed by atoms with van der Waals surface area (Å²) in [6, 6.07) is 6.76. The molecular formula is C15H17FN2OS. The molecule has 0 aliphatic carbocycles. The third-order valence-electron chi connectivity index (χ3n) is 3.42. The van der Waals surface area contributed by atoms with E-state index in [0.717, 1.165) is 43.2 Å². The monoisotopic (exact) mass is 292 g/mol. The molecule has 2 aromatic rings. The maximum atomic E-state index is 13.2. The number of aromatic nitrogens is 1. The van der Waals surface area contributed by atoms with Crippen LogP contribution in [0.1, 0.15) is 10.6 Å². The molecule has 106 valence electrons. The summed E-state index contributed by atoms with van der Waals surface area (Å²) in [4.78, 5) is 6.67. The van der Waals surface area contributed by atoms with Crippen LogP contribution >= 0.6 is 11.3 Å². The first kappa shape index (κ1) is 13.7. The molecule has 0 saturated carbocycles. The van der Waals surface area contributed by atoms with Crippen molar-refractivity contribution in [1.82, 2.24) is 9.88 Å². The van der Waals surface area contributed by atoms with Crippen LogP contribution in [0.4, 0.5) is 4.39 Å². The number of benzene rings is 1. The SMILES string of the molecule is Fc1cccc(CC2CN(Cc3nccs3)CCO2)c1. The standard InChI is InChI=1S/C15H17FN2OS/c16-13-3-1-2-12(8-13)9-14-10-18(5-6-19-14)11-15-17-4-7-20-15/h1-4,7-8,14H,5-6,9-11H2. The molecule has 5 heteroatoms. The van der Waals surface area contributed by atoms with Gasteiger partial charge in [-0.3, -0.25) is 4.90 Å². The molecule has 1 aromatic carbocycles. The first-order valence-electron chi connectivity index (χ1n) is 6.76. The summed E-state index contributed by atoms with van der Waals surface area (Å²) in [5.41, 5.74) is 0.992. The first-order valence-corrected chi connectivity index (χ1v) is 7.64. The summed E-state index contributed by atoms with van der Waals surface area (Å²) >= 11 is 1.68. The van der Waals surface area contributed by atoms with Gasteiger partial charge in [-0.15, -0.1) is 11.3 Å². The van der Waals surface area contributed by atoms with Gasteiger partial charge in [0.15, 0.2) is 0 Å². The molecule has 0 radical (unpaired) electrons. The van der Waals surface area contributed by atoms with Crippen molar-refractivity contribution in [3.63, 3.8) is 0 Å². The molecule has 1 aromatic heterocycles. The summed E-state index contributed by atoms with van der Waals surface area (Å²) in [6.07, 6.45) is 2.72. The Labute approximate surface area is 122 Å². The molecule has 20 heavy (non-hydrogen) atoms. The van der Waals surface area contributed by atoms with Crippen LogP contribution in [0.3, 0.4) is 0 Å². The Hall–Kier alpha value is -1.30. The van der Waals surface area contributed by atoms with Gasteiger partial charge in [-0.1, -0.05) is 12.1 Å². The van der Waals surface area contributed by atoms with Crippen molar-refractivity contribution >= 4 is 11.3 Å². The zero-order valence-electron chi connectivity index (χ0n) is 11.2. The summed E-state index contributed by atoms with van der Waals surface area (Å²) in [5.74, 6) is -0.182. The van der Waals surface area contributed by atoms with E-state index in [1.807, 2.05) is 17.6 Å². The lowest BCUT2D eigenvalue weighted by atomic mass is 10.1. The lowest BCUT2D eigenvalue weighted by Crippen LogP contribution is -2.42. The molecule has 1 atom stereocenters. The van der Waals surface area contributed by atoms with E-state index in [1.54, 1.807) is 23.5 Å². The van der Waals surface area contributed by atoms with Gasteiger partial charge >= 0.3 is 0 Å². The Balaban J connectivity index is 1.57. The van der Waals surface area contributed by atoms with Crippen LogP contribution in [0.25, 0.3) is 0 Å². The average Bonchev–Trinajstić information content (AvgIpc) is 2.92. The second-order valence-corrected chi connectivity index (χ2v) is 5.97. The summed E-state index contributed by atoms with van der Waals surface area (Å²) in [5, 5.41) is 3.14. The van der Waals surface area contributed by atoms with Gasteiger partial charge in [0.1, 0.15) is 10.8 Å². The van der Waals surface area contributed by atoms with Gasteiger partial charge in [0.25, 0.3) is 0 Å². The fraction of sp³-hybridized carbons (Fsp3) is 0.400. The Bertz CT molecular complexity index is 547. The fourth-order valence-corrected chi connectivity index (χ4v) is 3.15. The Morgan fingerprint density at radius 1 is 1.45 bits per heavy atom. The normalized spacial score (nSPS) is 20.1. The first-order chi connectivity index (χ1) is 9.79. The van der Waals surface area contributed by atoms with Crippen molar-refractivity contribution in [3.8, 4) is 0 Å². The molecule has 1 aliphatic heterocycles. The topological polar surface area (TPSA) is 25.4 Å². The molecule has 1 unspecified atom stereocenters. The number of morpholine rings is 1. The van der Waals surface area contributed by atoms with Crippen molar-refractivity contribution in [2.75, 3.05) is 19.7 Å². The smallest absolute Gasteiger partial charge is 0.123 e. The van der Waals surface area contributed by atoms with Crippen LogP contribution in [0.2, 0.25) is 0 Å². The van der Waals surface area contributed by atoms with Crippen molar-refractivity contribution in [2.24, 2.45) is 0 Å². The maximum absolute atomic E-state index is 13.2. The van der Waals surface area contributed by atoms with Crippen molar-refractivity contribution in [2.45, 2.75) is 19.1 Å². The van der Waals surface area contributed by atoms with E-state index in [9.17, 15) is 4.39 Å². The predicted octanol–water partition coefficient (Wildman–Crippen LogP) is 2.73. The van der Waals surface area contributed by atoms with E-state index in [2.05, 4.69) is 9.88 Å². The van der Waals surface area contributed by atoms with Gasteiger partial charge in [0.05, 0.1) is 19.3 Å². The van der Waals surface area contributed by atoms with Crippen LogP contribution in [-0.4, -0.2) is 35.7 Å². The Morgan fingerprint density at radius 3 is 3.20 bits per heavy atom. The van der Waals surface area contributed by atoms with Crippen molar-refractivity contribution in [1.29, 1.82) is 0 Å². The Morgan fingerprint density at radius 2 is 2.40 bits per heavy atom. The predicted molar refractivity (Wildman–Crippen MR) is 77.2 cm³/mol. The van der Waals surface area contributed by atoms with Gasteiger partial charge in [-0.05, 0) is 24.1 Å². The van der Waals surface area contributed by atoms with Crippen LogP contribution in [-0.2, 0) is 17.7 Å². The molecule has 1 fully saturated rings. The molecule has 0 bridgehead atoms. The van der Waals surface area contributed by atoms with E-state index >= 15 is 0 Å². The Kier molecular flexibility index (Phi) is 4.40. The average molecular weight is 292 g/mol. The second kappa shape index (κ2) is 6.43. The van der Waals surface area contributed by atoms with Crippen molar-refractivity contribution in [3.05, 3.63) is 52.2 Å². The third-order valence-corrected chi connectivity index (χ3v) is 4.18. The number of hydrogen-bond acceptors (Lipinski definition) is 4. The second-order valence-electron chi connectivity index (χ2n) is 4.99. The minimum Gasteiger partial charge on any atom is -0.375 e. The molecule has 0 amide bonds. The number of thiazole rings is 1. The van der Waals surface area contributed by atoms with Crippen LogP contribution in [0.15, 0.2) is 35.8 Å². The fourth-order valence-electron chi connectivity index (χ4n) is 2.50. The van der Waals surface area contributed by atoms with E-state index in [0.29, 0.717) is 0 Å². The van der Waals surface area contributed by atoms with E-state index < -0.39 is 0 Å². The maximum Gasteiger partial charge on any atom is 0.123 e. The zero-order chi connectivity index (χ0) is 13.8. The van der Waals surface area contributed by atoms with E-state index in [-0.39, 0.29) is 11.9 Å². The molecule has 3 nitrogen and oxygen atoms in total. The van der Waals surface area contributed by atoms with Gasteiger partial charge < -0.3 is 4.74 Å². The number of nitrogens with zero attached hydrogens (tertiary/aromatic N) is 2. The molecule has 3 rings (SSSR count). The molecule has 2 heterocycles. The molecule has 0 spiro atoms. The number of hydrogen-bond donors (Lipinski definition) is 0. The minimum atomic E-state index is -0.182. The zero-order valence-corrected chi connectivity index (χ0v) is 12.0. The summed E-state index contributed by atoms with van der Waals surface area (Å²) < 4.78 is 19.0. The summed E-state index contributed by atoms with van der Waals surface area (Å²) in [7, 11) is 0. The summed E-state index contributed by atoms with van der Waals surface area (Å²) in [6.45, 7) is 3.40. The van der Waals surface area contributed by atoms with Crippen LogP contribution < -0.4 is 0 Å². The quantitative estimate of drug-likeness (QED) is 0.866. The third kappa shape index (κ3) is 3.62. The van der Waals surface area contributed by atoms with Gasteiger partial charge in [-0.2, -0.15) is 0 Å². The van der Waals surface area contributed by atoms with Crippen molar-refractivity contribution < 1.29 is 9.13 Å². The van der Waals surface area contributed by atoms with Crippen LogP contribution in [0, 0.1) is 5.82 Å². The van der Waals surface area contributed by atoms with Gasteiger partial charge in [-0.25, -0.2) is 9.37 Å².